The third kappa shape index (κ3) is 11.5. The van der Waals surface area contributed by atoms with E-state index in [9.17, 15) is 0 Å². The van der Waals surface area contributed by atoms with Crippen LogP contribution in [-0.2, 0) is 16.1 Å². The van der Waals surface area contributed by atoms with Crippen molar-refractivity contribution < 1.29 is 9.47 Å². The molecule has 0 amide bonds. The maximum absolute atomic E-state index is 5.72. The van der Waals surface area contributed by atoms with Gasteiger partial charge in [0.1, 0.15) is 0 Å². The van der Waals surface area contributed by atoms with Gasteiger partial charge in [-0.2, -0.15) is 0 Å². The molecule has 3 N–H and O–H groups in total. The summed E-state index contributed by atoms with van der Waals surface area (Å²) in [5.74, 6) is 0.463. The largest absolute Gasteiger partial charge is 0.382 e. The minimum absolute atomic E-state index is 0. The van der Waals surface area contributed by atoms with Crippen molar-refractivity contribution in [1.82, 2.24) is 5.32 Å². The molecule has 0 aliphatic carbocycles. The molecule has 0 aliphatic rings. The monoisotopic (exact) mass is 407 g/mol. The lowest BCUT2D eigenvalue weighted by atomic mass is 10.2. The summed E-state index contributed by atoms with van der Waals surface area (Å²) < 4.78 is 10.8. The van der Waals surface area contributed by atoms with Gasteiger partial charge in [-0.25, -0.2) is 0 Å². The number of ether oxygens (including phenoxy) is 2. The Bertz CT molecular complexity index is 374. The third-order valence-electron chi connectivity index (χ3n) is 2.60. The van der Waals surface area contributed by atoms with Gasteiger partial charge in [-0.1, -0.05) is 30.3 Å². The molecule has 0 atom stereocenters. The van der Waals surface area contributed by atoms with Crippen LogP contribution in [0.1, 0.15) is 18.9 Å². The van der Waals surface area contributed by atoms with Crippen LogP contribution in [0.25, 0.3) is 0 Å². The first-order chi connectivity index (χ1) is 9.83. The molecule has 1 aromatic carbocycles. The summed E-state index contributed by atoms with van der Waals surface area (Å²) in [6.07, 6.45) is 0.890. The Balaban J connectivity index is 0.00000400. The van der Waals surface area contributed by atoms with E-state index in [-0.39, 0.29) is 24.0 Å². The van der Waals surface area contributed by atoms with Crippen LogP contribution in [0, 0.1) is 0 Å². The Morgan fingerprint density at radius 3 is 2.67 bits per heavy atom. The molecule has 0 spiro atoms. The summed E-state index contributed by atoms with van der Waals surface area (Å²) in [5, 5.41) is 3.02. The van der Waals surface area contributed by atoms with E-state index in [1.54, 1.807) is 0 Å². The van der Waals surface area contributed by atoms with Gasteiger partial charge in [0.2, 0.25) is 0 Å². The molecule has 0 radical (unpaired) electrons. The van der Waals surface area contributed by atoms with Crippen molar-refractivity contribution in [2.45, 2.75) is 20.0 Å². The first-order valence-electron chi connectivity index (χ1n) is 7.06. The average Bonchev–Trinajstić information content (AvgIpc) is 2.48. The normalized spacial score (nSPS) is 11.0. The molecule has 0 aliphatic heterocycles. The first-order valence-corrected chi connectivity index (χ1v) is 7.06. The molecular formula is C15H26IN3O2. The Morgan fingerprint density at radius 1 is 1.19 bits per heavy atom. The van der Waals surface area contributed by atoms with Crippen molar-refractivity contribution in [2.75, 3.05) is 32.9 Å². The standard InChI is InChI=1S/C15H25N3O2.HI/c1-2-19-11-6-9-17-15(16)18-10-12-20-13-14-7-4-3-5-8-14;/h3-5,7-8H,2,6,9-13H2,1H3,(H3,16,17,18);1H. The van der Waals surface area contributed by atoms with E-state index in [0.29, 0.717) is 32.3 Å². The number of nitrogens with zero attached hydrogens (tertiary/aromatic N) is 1. The summed E-state index contributed by atoms with van der Waals surface area (Å²) in [5.41, 5.74) is 6.90. The fourth-order valence-electron chi connectivity index (χ4n) is 1.58. The zero-order valence-electron chi connectivity index (χ0n) is 12.6. The van der Waals surface area contributed by atoms with Crippen LogP contribution >= 0.6 is 24.0 Å². The topological polar surface area (TPSA) is 68.9 Å². The highest BCUT2D eigenvalue weighted by Gasteiger charge is 1.94. The quantitative estimate of drug-likeness (QED) is 0.270. The van der Waals surface area contributed by atoms with E-state index >= 15 is 0 Å². The summed E-state index contributed by atoms with van der Waals surface area (Å²) >= 11 is 0. The number of rotatable bonds is 10. The molecule has 5 nitrogen and oxygen atoms in total. The van der Waals surface area contributed by atoms with Crippen molar-refractivity contribution in [3.63, 3.8) is 0 Å². The van der Waals surface area contributed by atoms with Gasteiger partial charge in [-0.05, 0) is 18.9 Å². The van der Waals surface area contributed by atoms with E-state index in [1.165, 1.54) is 5.56 Å². The average molecular weight is 407 g/mol. The Hall–Kier alpha value is -0.860. The molecule has 0 aromatic heterocycles. The molecule has 0 saturated heterocycles. The number of halogens is 1. The highest BCUT2D eigenvalue weighted by Crippen LogP contribution is 1.99. The molecule has 120 valence electrons. The van der Waals surface area contributed by atoms with Crippen LogP contribution < -0.4 is 11.1 Å². The summed E-state index contributed by atoms with van der Waals surface area (Å²) in [6.45, 7) is 6.02. The predicted octanol–water partition coefficient (Wildman–Crippen LogP) is 2.15. The second-order valence-corrected chi connectivity index (χ2v) is 4.28. The predicted molar refractivity (Wildman–Crippen MR) is 97.1 cm³/mol. The smallest absolute Gasteiger partial charge is 0.188 e. The summed E-state index contributed by atoms with van der Waals surface area (Å²) in [7, 11) is 0. The van der Waals surface area contributed by atoms with Crippen molar-refractivity contribution in [2.24, 2.45) is 10.7 Å². The lowest BCUT2D eigenvalue weighted by Crippen LogP contribution is -2.34. The van der Waals surface area contributed by atoms with Crippen molar-refractivity contribution in [1.29, 1.82) is 0 Å². The van der Waals surface area contributed by atoms with Gasteiger partial charge in [0, 0.05) is 26.3 Å². The van der Waals surface area contributed by atoms with Gasteiger partial charge in [0.25, 0.3) is 0 Å². The summed E-state index contributed by atoms with van der Waals surface area (Å²) in [4.78, 5) is 4.20. The molecule has 1 aromatic rings. The number of hydrogen-bond donors (Lipinski definition) is 2. The van der Waals surface area contributed by atoms with Crippen LogP contribution in [0.4, 0.5) is 0 Å². The van der Waals surface area contributed by atoms with Crippen LogP contribution in [0.5, 0.6) is 0 Å². The van der Waals surface area contributed by atoms with Crippen LogP contribution in [-0.4, -0.2) is 38.9 Å². The Kier molecular flexibility index (Phi) is 13.5. The Morgan fingerprint density at radius 2 is 1.95 bits per heavy atom. The number of guanidine groups is 1. The van der Waals surface area contributed by atoms with Gasteiger partial charge in [-0.3, -0.25) is 4.99 Å². The van der Waals surface area contributed by atoms with Crippen molar-refractivity contribution in [3.8, 4) is 0 Å². The number of nitrogens with two attached hydrogens (primary N) is 1. The van der Waals surface area contributed by atoms with Gasteiger partial charge < -0.3 is 20.5 Å². The van der Waals surface area contributed by atoms with Gasteiger partial charge in [0.15, 0.2) is 5.96 Å². The fourth-order valence-corrected chi connectivity index (χ4v) is 1.58. The van der Waals surface area contributed by atoms with E-state index in [4.69, 9.17) is 15.2 Å². The van der Waals surface area contributed by atoms with E-state index in [2.05, 4.69) is 10.3 Å². The van der Waals surface area contributed by atoms with Gasteiger partial charge in [-0.15, -0.1) is 24.0 Å². The minimum atomic E-state index is 0. The maximum Gasteiger partial charge on any atom is 0.188 e. The van der Waals surface area contributed by atoms with E-state index in [1.807, 2.05) is 37.3 Å². The lowest BCUT2D eigenvalue weighted by molar-refractivity contribution is 0.125. The lowest BCUT2D eigenvalue weighted by Gasteiger charge is -2.07. The highest BCUT2D eigenvalue weighted by atomic mass is 127. The van der Waals surface area contributed by atoms with Crippen molar-refractivity contribution in [3.05, 3.63) is 35.9 Å². The fraction of sp³-hybridized carbons (Fsp3) is 0.533. The zero-order valence-corrected chi connectivity index (χ0v) is 14.9. The number of hydrogen-bond acceptors (Lipinski definition) is 3. The Labute approximate surface area is 144 Å². The molecular weight excluding hydrogens is 381 g/mol. The molecule has 6 heteroatoms. The minimum Gasteiger partial charge on any atom is -0.382 e. The highest BCUT2D eigenvalue weighted by molar-refractivity contribution is 14.0. The zero-order chi connectivity index (χ0) is 14.5. The first kappa shape index (κ1) is 20.1. The van der Waals surface area contributed by atoms with Gasteiger partial charge >= 0.3 is 0 Å². The summed E-state index contributed by atoms with van der Waals surface area (Å²) in [6, 6.07) is 10.1. The van der Waals surface area contributed by atoms with Crippen LogP contribution in [0.2, 0.25) is 0 Å². The molecule has 0 heterocycles. The maximum atomic E-state index is 5.72. The van der Waals surface area contributed by atoms with Crippen LogP contribution in [0.15, 0.2) is 35.3 Å². The molecule has 21 heavy (non-hydrogen) atoms. The third-order valence-corrected chi connectivity index (χ3v) is 2.60. The van der Waals surface area contributed by atoms with Gasteiger partial charge in [0.05, 0.1) is 13.2 Å². The van der Waals surface area contributed by atoms with E-state index in [0.717, 1.165) is 19.6 Å². The van der Waals surface area contributed by atoms with E-state index < -0.39 is 0 Å². The second kappa shape index (κ2) is 14.1. The number of benzene rings is 1. The number of nitrogens with one attached hydrogen (secondary N) is 1. The second-order valence-electron chi connectivity index (χ2n) is 4.28. The molecule has 0 bridgehead atoms. The molecule has 1 rings (SSSR count). The number of aliphatic imine (C=N–C) groups is 1. The molecule has 0 fully saturated rings. The SMILES string of the molecule is CCOCCCN=C(N)NCCOCc1ccccc1.I. The molecule has 0 saturated carbocycles. The van der Waals surface area contributed by atoms with Crippen LogP contribution in [0.3, 0.4) is 0 Å². The van der Waals surface area contributed by atoms with Crippen molar-refractivity contribution >= 4 is 29.9 Å². The molecule has 0 unspecified atom stereocenters.